The highest BCUT2D eigenvalue weighted by atomic mass is 16.5. The molecule has 0 aromatic heterocycles. The summed E-state index contributed by atoms with van der Waals surface area (Å²) in [7, 11) is 0. The Hall–Kier alpha value is -4.46. The third-order valence-corrected chi connectivity index (χ3v) is 6.53. The lowest BCUT2D eigenvalue weighted by molar-refractivity contribution is -0.157. The smallest absolute Gasteiger partial charge is 0.312 e. The van der Waals surface area contributed by atoms with E-state index in [4.69, 9.17) is 15.2 Å². The molecule has 2 amide bonds. The molecule has 39 heavy (non-hydrogen) atoms. The molecule has 0 saturated heterocycles. The number of amides is 2. The number of hydrogen-bond acceptors (Lipinski definition) is 6. The number of primary amides is 1. The number of ether oxygens (including phenoxy) is 2. The fraction of sp³-hybridized carbons (Fsp3) is 0.290. The van der Waals surface area contributed by atoms with Gasteiger partial charge in [-0.1, -0.05) is 91.0 Å². The number of carbonyl (C=O) groups is 4. The molecule has 0 aliphatic carbocycles. The van der Waals surface area contributed by atoms with Gasteiger partial charge in [0, 0.05) is 6.42 Å². The van der Waals surface area contributed by atoms with Gasteiger partial charge in [-0.05, 0) is 30.5 Å². The number of esters is 2. The normalized spacial score (nSPS) is 12.6. The van der Waals surface area contributed by atoms with Crippen molar-refractivity contribution in [1.82, 2.24) is 5.32 Å². The van der Waals surface area contributed by atoms with Gasteiger partial charge in [0.1, 0.15) is 6.04 Å². The van der Waals surface area contributed by atoms with Crippen molar-refractivity contribution in [3.63, 3.8) is 0 Å². The molecule has 3 N–H and O–H groups in total. The molecule has 0 aliphatic rings. The zero-order valence-corrected chi connectivity index (χ0v) is 22.2. The molecular weight excluding hydrogens is 496 g/mol. The first-order valence-electron chi connectivity index (χ1n) is 12.9. The number of hydrogen-bond donors (Lipinski definition) is 2. The lowest BCUT2D eigenvalue weighted by Crippen LogP contribution is -2.53. The summed E-state index contributed by atoms with van der Waals surface area (Å²) in [5.74, 6) is -4.37. The molecule has 0 fully saturated rings. The van der Waals surface area contributed by atoms with Crippen LogP contribution in [0.2, 0.25) is 0 Å². The van der Waals surface area contributed by atoms with Gasteiger partial charge >= 0.3 is 11.9 Å². The monoisotopic (exact) mass is 530 g/mol. The first-order valence-corrected chi connectivity index (χ1v) is 12.9. The summed E-state index contributed by atoms with van der Waals surface area (Å²) in [6, 6.07) is 27.3. The van der Waals surface area contributed by atoms with Gasteiger partial charge in [0.15, 0.2) is 0 Å². The lowest BCUT2D eigenvalue weighted by atomic mass is 9.67. The summed E-state index contributed by atoms with van der Waals surface area (Å²) in [6.45, 7) is 3.35. The van der Waals surface area contributed by atoms with Crippen LogP contribution in [-0.4, -0.2) is 43.0 Å². The number of benzene rings is 3. The van der Waals surface area contributed by atoms with Gasteiger partial charge in [-0.25, -0.2) is 0 Å². The highest BCUT2D eigenvalue weighted by Crippen LogP contribution is 2.42. The highest BCUT2D eigenvalue weighted by molar-refractivity contribution is 5.93. The highest BCUT2D eigenvalue weighted by Gasteiger charge is 2.41. The topological polar surface area (TPSA) is 125 Å². The Morgan fingerprint density at radius 2 is 1.18 bits per heavy atom. The average molecular weight is 531 g/mol. The van der Waals surface area contributed by atoms with Crippen molar-refractivity contribution in [3.05, 3.63) is 108 Å². The quantitative estimate of drug-likeness (QED) is 0.257. The maximum absolute atomic E-state index is 13.8. The van der Waals surface area contributed by atoms with Gasteiger partial charge < -0.3 is 20.5 Å². The summed E-state index contributed by atoms with van der Waals surface area (Å²) in [5.41, 5.74) is 7.31. The van der Waals surface area contributed by atoms with Crippen molar-refractivity contribution in [2.45, 2.75) is 38.1 Å². The average Bonchev–Trinajstić information content (AvgIpc) is 2.95. The molecule has 8 heteroatoms. The van der Waals surface area contributed by atoms with Crippen LogP contribution in [0, 0.1) is 5.92 Å². The second kappa shape index (κ2) is 13.9. The molecule has 3 aromatic carbocycles. The third kappa shape index (κ3) is 7.10. The van der Waals surface area contributed by atoms with Gasteiger partial charge in [-0.15, -0.1) is 0 Å². The Bertz CT molecular complexity index is 1150. The zero-order valence-electron chi connectivity index (χ0n) is 22.2. The van der Waals surface area contributed by atoms with Crippen LogP contribution in [0.5, 0.6) is 0 Å². The van der Waals surface area contributed by atoms with Crippen molar-refractivity contribution in [3.8, 4) is 0 Å². The maximum Gasteiger partial charge on any atom is 0.312 e. The van der Waals surface area contributed by atoms with E-state index in [1.54, 1.807) is 13.8 Å². The van der Waals surface area contributed by atoms with Crippen molar-refractivity contribution < 1.29 is 28.7 Å². The Kier molecular flexibility index (Phi) is 10.4. The van der Waals surface area contributed by atoms with Crippen LogP contribution >= 0.6 is 0 Å². The SMILES string of the molecule is CCOC(=O)C[C@H](C(=O)OCC)[C@H](NC(=O)CC(c1ccccc1)(c1ccccc1)c1ccccc1)C(N)=O. The van der Waals surface area contributed by atoms with Crippen molar-refractivity contribution in [2.75, 3.05) is 13.2 Å². The fourth-order valence-corrected chi connectivity index (χ4v) is 4.80. The predicted molar refractivity (Wildman–Crippen MR) is 146 cm³/mol. The van der Waals surface area contributed by atoms with E-state index in [9.17, 15) is 19.2 Å². The van der Waals surface area contributed by atoms with Crippen LogP contribution < -0.4 is 11.1 Å². The van der Waals surface area contributed by atoms with Crippen LogP contribution in [0.4, 0.5) is 0 Å². The van der Waals surface area contributed by atoms with Crippen molar-refractivity contribution in [2.24, 2.45) is 11.7 Å². The summed E-state index contributed by atoms with van der Waals surface area (Å²) in [4.78, 5) is 51.4. The standard InChI is InChI=1S/C31H34N2O6/c1-3-38-27(35)20-25(30(37)39-4-2)28(29(32)36)33-26(34)21-31(22-14-8-5-9-15-22,23-16-10-6-11-17-23)24-18-12-7-13-19-24/h5-19,25,28H,3-4,20-21H2,1-2H3,(H2,32,36)(H,33,34)/t25-,28-/m0/s1. The number of rotatable bonds is 13. The van der Waals surface area contributed by atoms with Crippen LogP contribution in [0.25, 0.3) is 0 Å². The predicted octanol–water partition coefficient (Wildman–Crippen LogP) is 3.51. The minimum Gasteiger partial charge on any atom is -0.466 e. The number of nitrogens with two attached hydrogens (primary N) is 1. The van der Waals surface area contributed by atoms with Gasteiger partial charge in [0.2, 0.25) is 11.8 Å². The second-order valence-corrected chi connectivity index (χ2v) is 9.00. The van der Waals surface area contributed by atoms with E-state index >= 15 is 0 Å². The molecular formula is C31H34N2O6. The van der Waals surface area contributed by atoms with E-state index < -0.39 is 47.5 Å². The molecule has 0 aliphatic heterocycles. The van der Waals surface area contributed by atoms with Gasteiger partial charge in [-0.3, -0.25) is 19.2 Å². The molecule has 0 saturated carbocycles. The minimum atomic E-state index is -1.49. The molecule has 2 atom stereocenters. The van der Waals surface area contributed by atoms with E-state index in [0.29, 0.717) is 0 Å². The second-order valence-electron chi connectivity index (χ2n) is 9.00. The first kappa shape index (κ1) is 29.1. The number of carbonyl (C=O) groups excluding carboxylic acids is 4. The molecule has 204 valence electrons. The summed E-state index contributed by atoms with van der Waals surface area (Å²) in [5, 5.41) is 2.65. The van der Waals surface area contributed by atoms with Crippen molar-refractivity contribution in [1.29, 1.82) is 0 Å². The van der Waals surface area contributed by atoms with Gasteiger partial charge in [0.05, 0.1) is 31.0 Å². The summed E-state index contributed by atoms with van der Waals surface area (Å²) < 4.78 is 10.1. The number of nitrogens with one attached hydrogen (secondary N) is 1. The molecule has 8 nitrogen and oxygen atoms in total. The Morgan fingerprint density at radius 1 is 0.744 bits per heavy atom. The van der Waals surface area contributed by atoms with E-state index in [2.05, 4.69) is 5.32 Å². The molecule has 0 bridgehead atoms. The van der Waals surface area contributed by atoms with Crippen LogP contribution in [0.1, 0.15) is 43.4 Å². The maximum atomic E-state index is 13.8. The first-order chi connectivity index (χ1) is 18.8. The van der Waals surface area contributed by atoms with E-state index in [1.165, 1.54) is 0 Å². The zero-order chi connectivity index (χ0) is 28.3. The summed E-state index contributed by atoms with van der Waals surface area (Å²) in [6.07, 6.45) is -0.578. The van der Waals surface area contributed by atoms with E-state index in [-0.39, 0.29) is 19.6 Å². The van der Waals surface area contributed by atoms with Crippen LogP contribution in [0.15, 0.2) is 91.0 Å². The van der Waals surface area contributed by atoms with Crippen LogP contribution in [-0.2, 0) is 34.1 Å². The van der Waals surface area contributed by atoms with Crippen LogP contribution in [0.3, 0.4) is 0 Å². The van der Waals surface area contributed by atoms with Crippen molar-refractivity contribution >= 4 is 23.8 Å². The Labute approximate surface area is 228 Å². The molecule has 0 unspecified atom stereocenters. The molecule has 3 rings (SSSR count). The molecule has 0 radical (unpaired) electrons. The van der Waals surface area contributed by atoms with Gasteiger partial charge in [-0.2, -0.15) is 0 Å². The van der Waals surface area contributed by atoms with E-state index in [1.807, 2.05) is 91.0 Å². The van der Waals surface area contributed by atoms with E-state index in [0.717, 1.165) is 16.7 Å². The lowest BCUT2D eigenvalue weighted by Gasteiger charge is -2.36. The minimum absolute atomic E-state index is 0.0245. The molecule has 3 aromatic rings. The third-order valence-electron chi connectivity index (χ3n) is 6.53. The molecule has 0 heterocycles. The fourth-order valence-electron chi connectivity index (χ4n) is 4.80. The largest absolute Gasteiger partial charge is 0.466 e. The Morgan fingerprint density at radius 3 is 1.56 bits per heavy atom. The molecule has 0 spiro atoms. The van der Waals surface area contributed by atoms with Gasteiger partial charge in [0.25, 0.3) is 0 Å². The Balaban J connectivity index is 2.06. The summed E-state index contributed by atoms with van der Waals surface area (Å²) >= 11 is 0.